The van der Waals surface area contributed by atoms with E-state index in [9.17, 15) is 23.3 Å². The van der Waals surface area contributed by atoms with Gasteiger partial charge < -0.3 is 5.32 Å². The third kappa shape index (κ3) is 4.98. The maximum Gasteiger partial charge on any atom is 0.271 e. The first kappa shape index (κ1) is 20.5. The van der Waals surface area contributed by atoms with E-state index in [1.165, 1.54) is 42.5 Å². The molecule has 2 N–H and O–H groups in total. The van der Waals surface area contributed by atoms with Gasteiger partial charge >= 0.3 is 0 Å². The molecule has 3 rings (SSSR count). The minimum absolute atomic E-state index is 0.0500. The minimum atomic E-state index is -3.66. The number of non-ortho nitro benzene ring substituents is 1. The molecule has 8 nitrogen and oxygen atoms in total. The van der Waals surface area contributed by atoms with E-state index in [0.29, 0.717) is 16.8 Å². The number of nitro groups is 1. The normalized spacial score (nSPS) is 12.2. The summed E-state index contributed by atoms with van der Waals surface area (Å²) >= 11 is 1.11. The van der Waals surface area contributed by atoms with Crippen molar-refractivity contribution in [2.45, 2.75) is 17.2 Å². The van der Waals surface area contributed by atoms with Crippen LogP contribution < -0.4 is 10.0 Å². The van der Waals surface area contributed by atoms with Crippen molar-refractivity contribution in [3.8, 4) is 0 Å². The van der Waals surface area contributed by atoms with Crippen molar-refractivity contribution in [2.24, 2.45) is 0 Å². The predicted octanol–water partition coefficient (Wildman–Crippen LogP) is 3.95. The van der Waals surface area contributed by atoms with Crippen LogP contribution >= 0.6 is 11.3 Å². The van der Waals surface area contributed by atoms with Gasteiger partial charge in [-0.05, 0) is 48.2 Å². The summed E-state index contributed by atoms with van der Waals surface area (Å²) in [5.41, 5.74) is 1.22. The Balaban J connectivity index is 1.67. The topological polar surface area (TPSA) is 118 Å². The van der Waals surface area contributed by atoms with Crippen molar-refractivity contribution in [1.29, 1.82) is 0 Å². The summed E-state index contributed by atoms with van der Waals surface area (Å²) in [5, 5.41) is 15.3. The van der Waals surface area contributed by atoms with E-state index in [-0.39, 0.29) is 15.8 Å². The van der Waals surface area contributed by atoms with Crippen LogP contribution in [-0.2, 0) is 10.0 Å². The molecule has 0 bridgehead atoms. The van der Waals surface area contributed by atoms with Crippen LogP contribution in [0, 0.1) is 10.1 Å². The zero-order valence-electron chi connectivity index (χ0n) is 15.2. The Hall–Kier alpha value is -3.24. The number of nitro benzene ring substituents is 1. The highest BCUT2D eigenvalue weighted by atomic mass is 32.2. The van der Waals surface area contributed by atoms with Crippen LogP contribution in [0.15, 0.2) is 70.3 Å². The highest BCUT2D eigenvalue weighted by molar-refractivity contribution is 7.94. The van der Waals surface area contributed by atoms with E-state index in [2.05, 4.69) is 10.0 Å². The second-order valence-corrected chi connectivity index (χ2v) is 9.02. The van der Waals surface area contributed by atoms with E-state index in [1.54, 1.807) is 30.5 Å². The average molecular weight is 431 g/mol. The molecule has 3 aromatic rings. The van der Waals surface area contributed by atoms with Crippen LogP contribution in [0.4, 0.5) is 11.4 Å². The van der Waals surface area contributed by atoms with Crippen molar-refractivity contribution < 1.29 is 18.1 Å². The number of nitrogens with one attached hydrogen (secondary N) is 2. The second kappa shape index (κ2) is 8.41. The number of carbonyl (C=O) groups excluding carboxylic acids is 1. The summed E-state index contributed by atoms with van der Waals surface area (Å²) in [6, 6.07) is 14.8. The van der Waals surface area contributed by atoms with Crippen LogP contribution in [-0.4, -0.2) is 19.2 Å². The fourth-order valence-electron chi connectivity index (χ4n) is 2.58. The van der Waals surface area contributed by atoms with Crippen LogP contribution in [0.5, 0.6) is 0 Å². The maximum atomic E-state index is 12.4. The Morgan fingerprint density at radius 1 is 1.10 bits per heavy atom. The van der Waals surface area contributed by atoms with Gasteiger partial charge in [0.2, 0.25) is 0 Å². The summed E-state index contributed by atoms with van der Waals surface area (Å²) in [7, 11) is -3.66. The van der Waals surface area contributed by atoms with E-state index >= 15 is 0 Å². The van der Waals surface area contributed by atoms with Crippen molar-refractivity contribution >= 4 is 38.6 Å². The summed E-state index contributed by atoms with van der Waals surface area (Å²) in [6.07, 6.45) is 0. The Morgan fingerprint density at radius 2 is 1.83 bits per heavy atom. The zero-order chi connectivity index (χ0) is 21.0. The molecular formula is C19H17N3O5S2. The number of thiophene rings is 1. The third-order valence-corrected chi connectivity index (χ3v) is 6.87. The summed E-state index contributed by atoms with van der Waals surface area (Å²) in [4.78, 5) is 22.9. The molecule has 0 saturated heterocycles. The van der Waals surface area contributed by atoms with Gasteiger partial charge in [-0.25, -0.2) is 8.42 Å². The Kier molecular flexibility index (Phi) is 5.95. The standard InChI is InChI=1S/C19H17N3O5S2/c1-13(15-4-2-5-17(12-15)22(24)25)20-19(23)14-7-9-16(10-8-14)21-29(26,27)18-6-3-11-28-18/h2-13,21H,1H3,(H,20,23). The fraction of sp³-hybridized carbons (Fsp3) is 0.105. The molecule has 0 aliphatic carbocycles. The van der Waals surface area contributed by atoms with Crippen molar-refractivity contribution in [1.82, 2.24) is 5.32 Å². The molecule has 0 aliphatic rings. The molecule has 0 aliphatic heterocycles. The Labute approximate surface area is 171 Å². The molecule has 0 fully saturated rings. The van der Waals surface area contributed by atoms with Crippen LogP contribution in [0.3, 0.4) is 0 Å². The van der Waals surface area contributed by atoms with Gasteiger partial charge in [0.05, 0.1) is 11.0 Å². The fourth-order valence-corrected chi connectivity index (χ4v) is 4.63. The zero-order valence-corrected chi connectivity index (χ0v) is 16.9. The lowest BCUT2D eigenvalue weighted by atomic mass is 10.1. The van der Waals surface area contributed by atoms with E-state index in [1.807, 2.05) is 0 Å². The number of benzene rings is 2. The first-order chi connectivity index (χ1) is 13.8. The number of hydrogen-bond donors (Lipinski definition) is 2. The predicted molar refractivity (Wildman–Crippen MR) is 111 cm³/mol. The number of carbonyl (C=O) groups is 1. The van der Waals surface area contributed by atoms with Crippen LogP contribution in [0.1, 0.15) is 28.9 Å². The molecule has 1 heterocycles. The second-order valence-electron chi connectivity index (χ2n) is 6.16. The molecule has 150 valence electrons. The number of hydrogen-bond acceptors (Lipinski definition) is 6. The molecule has 2 aromatic carbocycles. The summed E-state index contributed by atoms with van der Waals surface area (Å²) < 4.78 is 27.1. The first-order valence-corrected chi connectivity index (χ1v) is 10.8. The van der Waals surface area contributed by atoms with Gasteiger partial charge in [-0.2, -0.15) is 0 Å². The number of anilines is 1. The third-order valence-electron chi connectivity index (χ3n) is 4.09. The number of sulfonamides is 1. The monoisotopic (exact) mass is 431 g/mol. The average Bonchev–Trinajstić information content (AvgIpc) is 3.24. The lowest BCUT2D eigenvalue weighted by Gasteiger charge is -2.14. The first-order valence-electron chi connectivity index (χ1n) is 8.48. The van der Waals surface area contributed by atoms with Gasteiger partial charge in [-0.15, -0.1) is 11.3 Å². The number of rotatable bonds is 7. The lowest BCUT2D eigenvalue weighted by Crippen LogP contribution is -2.26. The SMILES string of the molecule is CC(NC(=O)c1ccc(NS(=O)(=O)c2cccs2)cc1)c1cccc([N+](=O)[O-])c1. The molecule has 0 spiro atoms. The van der Waals surface area contributed by atoms with Gasteiger partial charge in [0.15, 0.2) is 0 Å². The molecule has 10 heteroatoms. The van der Waals surface area contributed by atoms with Gasteiger partial charge in [0.1, 0.15) is 4.21 Å². The van der Waals surface area contributed by atoms with Crippen molar-refractivity contribution in [3.05, 3.63) is 87.3 Å². The van der Waals surface area contributed by atoms with Gasteiger partial charge in [-0.1, -0.05) is 18.2 Å². The molecular weight excluding hydrogens is 414 g/mol. The van der Waals surface area contributed by atoms with Crippen LogP contribution in [0.2, 0.25) is 0 Å². The van der Waals surface area contributed by atoms with Gasteiger partial charge in [0, 0.05) is 23.4 Å². The quantitative estimate of drug-likeness (QED) is 0.434. The molecule has 0 radical (unpaired) electrons. The molecule has 1 unspecified atom stereocenters. The van der Waals surface area contributed by atoms with Crippen molar-refractivity contribution in [3.63, 3.8) is 0 Å². The van der Waals surface area contributed by atoms with Gasteiger partial charge in [-0.3, -0.25) is 19.6 Å². The highest BCUT2D eigenvalue weighted by Gasteiger charge is 2.17. The Morgan fingerprint density at radius 3 is 2.45 bits per heavy atom. The van der Waals surface area contributed by atoms with Crippen LogP contribution in [0.25, 0.3) is 0 Å². The molecule has 1 atom stereocenters. The molecule has 1 aromatic heterocycles. The minimum Gasteiger partial charge on any atom is -0.346 e. The van der Waals surface area contributed by atoms with E-state index < -0.39 is 21.0 Å². The smallest absolute Gasteiger partial charge is 0.271 e. The summed E-state index contributed by atoms with van der Waals surface area (Å²) in [5.74, 6) is -0.378. The van der Waals surface area contributed by atoms with E-state index in [0.717, 1.165) is 11.3 Å². The Bertz CT molecular complexity index is 1130. The molecule has 29 heavy (non-hydrogen) atoms. The van der Waals surface area contributed by atoms with E-state index in [4.69, 9.17) is 0 Å². The largest absolute Gasteiger partial charge is 0.346 e. The molecule has 1 amide bonds. The highest BCUT2D eigenvalue weighted by Crippen LogP contribution is 2.22. The van der Waals surface area contributed by atoms with Crippen molar-refractivity contribution in [2.75, 3.05) is 4.72 Å². The van der Waals surface area contributed by atoms with Gasteiger partial charge in [0.25, 0.3) is 21.6 Å². The number of nitrogens with zero attached hydrogens (tertiary/aromatic N) is 1. The number of amides is 1. The maximum absolute atomic E-state index is 12.4. The lowest BCUT2D eigenvalue weighted by molar-refractivity contribution is -0.384. The molecule has 0 saturated carbocycles. The summed E-state index contributed by atoms with van der Waals surface area (Å²) in [6.45, 7) is 1.72.